The van der Waals surface area contributed by atoms with Crippen LogP contribution in [0.25, 0.3) is 0 Å². The van der Waals surface area contributed by atoms with Crippen molar-refractivity contribution in [3.8, 4) is 0 Å². The predicted octanol–water partition coefficient (Wildman–Crippen LogP) is 21.3. The summed E-state index contributed by atoms with van der Waals surface area (Å²) >= 11 is 0. The third-order valence-corrected chi connectivity index (χ3v) is 19.0. The van der Waals surface area contributed by atoms with E-state index >= 15 is 0 Å². The SMILES string of the molecule is CCCCC/C=C\C/C=C\CCCCCCCCCCCCCCCC(=O)OC1C(OCC(NC(=O)C(O)CCCCCCCCCCCCCCCCCCCCCCCCCCCC)C(O)/C=C/CCCCCCCCCCCCC)OC(CO)C(O)C1O. The molecule has 1 saturated heterocycles. The van der Waals surface area contributed by atoms with E-state index in [0.29, 0.717) is 19.3 Å². The number of aliphatic hydroxyl groups is 5. The third kappa shape index (κ3) is 54.7. The molecule has 8 atom stereocenters. The highest BCUT2D eigenvalue weighted by Crippen LogP contribution is 2.27. The van der Waals surface area contributed by atoms with Crippen LogP contribution in [0.2, 0.25) is 0 Å². The van der Waals surface area contributed by atoms with Gasteiger partial charge >= 0.3 is 5.97 Å². The van der Waals surface area contributed by atoms with Gasteiger partial charge in [0.25, 0.3) is 0 Å². The van der Waals surface area contributed by atoms with Crippen molar-refractivity contribution in [2.75, 3.05) is 13.2 Å². The van der Waals surface area contributed by atoms with Crippen LogP contribution in [0.1, 0.15) is 400 Å². The maximum atomic E-state index is 13.5. The quantitative estimate of drug-likeness (QED) is 0.0195. The van der Waals surface area contributed by atoms with Crippen LogP contribution in [0, 0.1) is 0 Å². The van der Waals surface area contributed by atoms with Gasteiger partial charge in [-0.25, -0.2) is 0 Å². The van der Waals surface area contributed by atoms with Gasteiger partial charge in [0, 0.05) is 6.42 Å². The molecule has 0 bridgehead atoms. The average molecular weight is 1290 g/mol. The van der Waals surface area contributed by atoms with Gasteiger partial charge in [-0.05, 0) is 57.8 Å². The van der Waals surface area contributed by atoms with Crippen LogP contribution >= 0.6 is 0 Å². The molecule has 0 aliphatic carbocycles. The first kappa shape index (κ1) is 86.9. The van der Waals surface area contributed by atoms with Crippen LogP contribution in [-0.4, -0.2) is 99.6 Å². The largest absolute Gasteiger partial charge is 0.454 e. The van der Waals surface area contributed by atoms with E-state index < -0.39 is 67.4 Å². The summed E-state index contributed by atoms with van der Waals surface area (Å²) in [6, 6.07) is -1.02. The second-order valence-corrected chi connectivity index (χ2v) is 27.8. The van der Waals surface area contributed by atoms with Crippen LogP contribution < -0.4 is 5.32 Å². The van der Waals surface area contributed by atoms with Gasteiger partial charge in [0.15, 0.2) is 12.4 Å². The minimum atomic E-state index is -1.61. The molecule has 6 N–H and O–H groups in total. The summed E-state index contributed by atoms with van der Waals surface area (Å²) in [7, 11) is 0. The topological polar surface area (TPSA) is 175 Å². The predicted molar refractivity (Wildman–Crippen MR) is 384 cm³/mol. The number of hydrogen-bond acceptors (Lipinski definition) is 10. The first-order valence-electron chi connectivity index (χ1n) is 39.8. The second kappa shape index (κ2) is 67.8. The Bertz CT molecular complexity index is 1620. The maximum absolute atomic E-state index is 13.5. The van der Waals surface area contributed by atoms with Crippen LogP contribution in [0.5, 0.6) is 0 Å². The third-order valence-electron chi connectivity index (χ3n) is 19.0. The summed E-state index contributed by atoms with van der Waals surface area (Å²) in [4.78, 5) is 26.8. The molecule has 0 radical (unpaired) electrons. The van der Waals surface area contributed by atoms with E-state index in [1.54, 1.807) is 6.08 Å². The molecule has 0 saturated carbocycles. The van der Waals surface area contributed by atoms with Gasteiger partial charge < -0.3 is 45.1 Å². The molecule has 0 aromatic heterocycles. The fourth-order valence-corrected chi connectivity index (χ4v) is 12.8. The fourth-order valence-electron chi connectivity index (χ4n) is 12.8. The lowest BCUT2D eigenvalue weighted by molar-refractivity contribution is -0.305. The van der Waals surface area contributed by atoms with E-state index in [9.17, 15) is 35.1 Å². The van der Waals surface area contributed by atoms with Crippen molar-refractivity contribution in [3.63, 3.8) is 0 Å². The molecule has 1 aliphatic rings. The number of carbonyl (C=O) groups excluding carboxylic acids is 2. The standard InChI is InChI=1S/C80H151NO10/c1-4-7-10-13-16-19-22-25-27-29-31-33-35-36-37-39-40-42-44-46-49-52-55-58-61-64-67-73(84)79(88)81-71(72(83)66-63-60-57-54-51-48-24-21-18-15-12-9-6-3)70-89-80-78(77(87)76(86)74(69-82)90-80)91-75(85)68-65-62-59-56-53-50-47-45-43-41-38-34-32-30-28-26-23-20-17-14-11-8-5-2/h17,20,26,28,63,66,71-74,76-78,80,82-84,86-87H,4-16,18-19,21-25,27,29-62,64-65,67-70H2,1-3H3,(H,81,88)/b20-17-,28-26-,66-63+. The summed E-state index contributed by atoms with van der Waals surface area (Å²) in [5.41, 5.74) is 0. The number of rotatable bonds is 70. The minimum Gasteiger partial charge on any atom is -0.454 e. The highest BCUT2D eigenvalue weighted by molar-refractivity contribution is 5.80. The highest BCUT2D eigenvalue weighted by atomic mass is 16.7. The smallest absolute Gasteiger partial charge is 0.306 e. The Morgan fingerprint density at radius 1 is 0.429 bits per heavy atom. The van der Waals surface area contributed by atoms with Crippen LogP contribution in [-0.2, 0) is 23.8 Å². The number of amides is 1. The van der Waals surface area contributed by atoms with Crippen molar-refractivity contribution in [1.29, 1.82) is 0 Å². The van der Waals surface area contributed by atoms with Crippen molar-refractivity contribution < 1.29 is 49.3 Å². The van der Waals surface area contributed by atoms with E-state index in [0.717, 1.165) is 64.2 Å². The van der Waals surface area contributed by atoms with Gasteiger partial charge in [-0.2, -0.15) is 0 Å². The van der Waals surface area contributed by atoms with Gasteiger partial charge in [-0.3, -0.25) is 9.59 Å². The normalized spacial score (nSPS) is 18.1. The van der Waals surface area contributed by atoms with E-state index in [1.165, 1.54) is 289 Å². The van der Waals surface area contributed by atoms with Crippen LogP contribution in [0.3, 0.4) is 0 Å². The molecule has 11 heteroatoms. The number of aliphatic hydroxyl groups excluding tert-OH is 5. The van der Waals surface area contributed by atoms with Crippen molar-refractivity contribution in [3.05, 3.63) is 36.5 Å². The lowest BCUT2D eigenvalue weighted by atomic mass is 9.99. The first-order chi connectivity index (χ1) is 44.7. The molecule has 1 amide bonds. The van der Waals surface area contributed by atoms with E-state index in [2.05, 4.69) is 50.4 Å². The molecule has 0 aromatic rings. The van der Waals surface area contributed by atoms with E-state index in [-0.39, 0.29) is 13.0 Å². The molecule has 1 fully saturated rings. The Kier molecular flexibility index (Phi) is 64.8. The Hall–Kier alpha value is -2.12. The van der Waals surface area contributed by atoms with E-state index in [1.807, 2.05) is 6.08 Å². The molecule has 8 unspecified atom stereocenters. The van der Waals surface area contributed by atoms with Gasteiger partial charge in [0.1, 0.15) is 24.4 Å². The molecule has 91 heavy (non-hydrogen) atoms. The number of allylic oxidation sites excluding steroid dienone is 5. The molecule has 0 aromatic carbocycles. The number of esters is 1. The molecule has 1 rings (SSSR count). The molecule has 1 heterocycles. The second-order valence-electron chi connectivity index (χ2n) is 27.8. The van der Waals surface area contributed by atoms with Gasteiger partial charge in [0.2, 0.25) is 5.91 Å². The van der Waals surface area contributed by atoms with Gasteiger partial charge in [-0.1, -0.05) is 372 Å². The average Bonchev–Trinajstić information content (AvgIpc) is 1.01. The van der Waals surface area contributed by atoms with Crippen LogP contribution in [0.4, 0.5) is 0 Å². The first-order valence-corrected chi connectivity index (χ1v) is 39.8. The Labute approximate surface area is 562 Å². The Balaban J connectivity index is 2.50. The van der Waals surface area contributed by atoms with Gasteiger partial charge in [-0.15, -0.1) is 0 Å². The molecular weight excluding hydrogens is 1130 g/mol. The lowest BCUT2D eigenvalue weighted by Gasteiger charge is -2.41. The monoisotopic (exact) mass is 1290 g/mol. The molecule has 536 valence electrons. The number of nitrogens with one attached hydrogen (secondary N) is 1. The number of carbonyl (C=O) groups is 2. The summed E-state index contributed by atoms with van der Waals surface area (Å²) in [6.07, 6.45) is 74.9. The van der Waals surface area contributed by atoms with Crippen molar-refractivity contribution in [2.45, 2.75) is 449 Å². The number of hydrogen-bond donors (Lipinski definition) is 6. The molecular formula is C80H151NO10. The summed E-state index contributed by atoms with van der Waals surface area (Å²) in [5.74, 6) is -1.17. The summed E-state index contributed by atoms with van der Waals surface area (Å²) in [6.45, 7) is 5.85. The van der Waals surface area contributed by atoms with Crippen LogP contribution in [0.15, 0.2) is 36.5 Å². The fraction of sp³-hybridized carbons (Fsp3) is 0.900. The molecule has 11 nitrogen and oxygen atoms in total. The zero-order valence-corrected chi connectivity index (χ0v) is 60.0. The van der Waals surface area contributed by atoms with Crippen molar-refractivity contribution >= 4 is 11.9 Å². The Morgan fingerprint density at radius 3 is 1.14 bits per heavy atom. The number of ether oxygens (including phenoxy) is 3. The van der Waals surface area contributed by atoms with Crippen molar-refractivity contribution in [1.82, 2.24) is 5.32 Å². The van der Waals surface area contributed by atoms with Crippen molar-refractivity contribution in [2.24, 2.45) is 0 Å². The maximum Gasteiger partial charge on any atom is 0.306 e. The zero-order chi connectivity index (χ0) is 66.0. The van der Waals surface area contributed by atoms with Gasteiger partial charge in [0.05, 0.1) is 25.4 Å². The summed E-state index contributed by atoms with van der Waals surface area (Å²) < 4.78 is 17.8. The van der Waals surface area contributed by atoms with E-state index in [4.69, 9.17) is 14.2 Å². The number of unbranched alkanes of at least 4 members (excludes halogenated alkanes) is 52. The molecule has 0 spiro atoms. The minimum absolute atomic E-state index is 0.126. The lowest BCUT2D eigenvalue weighted by Crippen LogP contribution is -2.61. The zero-order valence-electron chi connectivity index (χ0n) is 60.0. The molecule has 1 aliphatic heterocycles. The Morgan fingerprint density at radius 2 is 0.758 bits per heavy atom. The summed E-state index contributed by atoms with van der Waals surface area (Å²) in [5, 5.41) is 57.5. The highest BCUT2D eigenvalue weighted by Gasteiger charge is 2.47.